The lowest BCUT2D eigenvalue weighted by Crippen LogP contribution is -2.29. The van der Waals surface area contributed by atoms with Crippen LogP contribution >= 0.6 is 0 Å². The normalized spacial score (nSPS) is 14.1. The number of halogens is 1. The first-order valence-electron chi connectivity index (χ1n) is 12.4. The zero-order valence-corrected chi connectivity index (χ0v) is 21.7. The van der Waals surface area contributed by atoms with Crippen LogP contribution in [0.2, 0.25) is 0 Å². The van der Waals surface area contributed by atoms with Gasteiger partial charge in [-0.15, -0.1) is 0 Å². The number of ether oxygens (including phenoxy) is 2. The topological polar surface area (TPSA) is 35.5 Å². The second-order valence-corrected chi connectivity index (χ2v) is 11.4. The molecular formula is C31H32FO3S+. The molecule has 186 valence electrons. The van der Waals surface area contributed by atoms with Crippen molar-refractivity contribution < 1.29 is 18.7 Å². The molecule has 0 amide bonds. The summed E-state index contributed by atoms with van der Waals surface area (Å²) in [7, 11) is -0.467. The van der Waals surface area contributed by atoms with Crippen LogP contribution < -0.4 is 4.74 Å². The zero-order chi connectivity index (χ0) is 25.4. The fourth-order valence-corrected chi connectivity index (χ4v) is 6.35. The second-order valence-electron chi connectivity index (χ2n) is 9.40. The van der Waals surface area contributed by atoms with Crippen molar-refractivity contribution in [2.75, 3.05) is 6.61 Å². The van der Waals surface area contributed by atoms with E-state index in [0.29, 0.717) is 5.92 Å². The lowest BCUT2D eigenvalue weighted by atomic mass is 9.89. The molecule has 1 aliphatic carbocycles. The number of benzene rings is 3. The van der Waals surface area contributed by atoms with E-state index in [-0.39, 0.29) is 12.4 Å². The van der Waals surface area contributed by atoms with Crippen LogP contribution in [0.5, 0.6) is 5.75 Å². The van der Waals surface area contributed by atoms with Crippen LogP contribution in [0.4, 0.5) is 4.39 Å². The molecule has 0 N–H and O–H groups in total. The van der Waals surface area contributed by atoms with Crippen molar-refractivity contribution in [3.63, 3.8) is 0 Å². The standard InChI is InChI=1S/C31H32FO3S/c1-31(2,21-20-24-12-6-3-7-13-24)35-30(33)23-34-29-19-18-27(22-28(29)32)36(25-14-8-4-9-15-25)26-16-10-5-11-17-26/h4-5,8-11,14-19,22,24H,3,6-7,12-13,23H2,1-2H3/q+1. The Morgan fingerprint density at radius 1 is 0.917 bits per heavy atom. The number of carbonyl (C=O) groups excluding carboxylic acids is 1. The van der Waals surface area contributed by atoms with Gasteiger partial charge in [0.2, 0.25) is 0 Å². The highest BCUT2D eigenvalue weighted by Crippen LogP contribution is 2.33. The van der Waals surface area contributed by atoms with Crippen molar-refractivity contribution in [2.24, 2.45) is 5.92 Å². The minimum Gasteiger partial charge on any atom is -0.479 e. The van der Waals surface area contributed by atoms with E-state index in [1.165, 1.54) is 25.3 Å². The summed E-state index contributed by atoms with van der Waals surface area (Å²) in [4.78, 5) is 15.4. The molecule has 3 nitrogen and oxygen atoms in total. The van der Waals surface area contributed by atoms with Crippen LogP contribution in [0, 0.1) is 23.6 Å². The maximum atomic E-state index is 15.1. The highest BCUT2D eigenvalue weighted by molar-refractivity contribution is 7.97. The number of esters is 1. The van der Waals surface area contributed by atoms with E-state index in [1.807, 2.05) is 66.7 Å². The van der Waals surface area contributed by atoms with Gasteiger partial charge in [0, 0.05) is 12.0 Å². The maximum absolute atomic E-state index is 15.1. The second kappa shape index (κ2) is 12.1. The molecule has 5 heteroatoms. The highest BCUT2D eigenvalue weighted by Gasteiger charge is 2.29. The monoisotopic (exact) mass is 503 g/mol. The average molecular weight is 504 g/mol. The molecule has 4 rings (SSSR count). The smallest absolute Gasteiger partial charge is 0.345 e. The Hall–Kier alpha value is -3.23. The van der Waals surface area contributed by atoms with Crippen molar-refractivity contribution in [3.8, 4) is 17.6 Å². The largest absolute Gasteiger partial charge is 0.479 e. The Kier molecular flexibility index (Phi) is 8.72. The SMILES string of the molecule is CC(C)(C#CC1CCCCC1)OC(=O)COc1ccc([S+](c2ccccc2)c2ccccc2)cc1F. The van der Waals surface area contributed by atoms with E-state index in [4.69, 9.17) is 9.47 Å². The van der Waals surface area contributed by atoms with Gasteiger partial charge >= 0.3 is 5.97 Å². The predicted molar refractivity (Wildman–Crippen MR) is 141 cm³/mol. The fourth-order valence-electron chi connectivity index (χ4n) is 4.25. The molecule has 0 bridgehead atoms. The van der Waals surface area contributed by atoms with Gasteiger partial charge in [-0.2, -0.15) is 0 Å². The van der Waals surface area contributed by atoms with Crippen LogP contribution in [0.1, 0.15) is 46.0 Å². The number of carbonyl (C=O) groups is 1. The molecule has 1 saturated carbocycles. The number of rotatable bonds is 7. The highest BCUT2D eigenvalue weighted by atomic mass is 32.2. The van der Waals surface area contributed by atoms with E-state index >= 15 is 4.39 Å². The van der Waals surface area contributed by atoms with Gasteiger partial charge in [0.05, 0.1) is 10.9 Å². The van der Waals surface area contributed by atoms with Crippen LogP contribution in [0.3, 0.4) is 0 Å². The third kappa shape index (κ3) is 7.15. The van der Waals surface area contributed by atoms with Gasteiger partial charge in [-0.1, -0.05) is 67.5 Å². The van der Waals surface area contributed by atoms with E-state index in [1.54, 1.807) is 19.9 Å². The molecule has 36 heavy (non-hydrogen) atoms. The van der Waals surface area contributed by atoms with Gasteiger partial charge in [0.25, 0.3) is 0 Å². The summed E-state index contributed by atoms with van der Waals surface area (Å²) in [6.45, 7) is 3.16. The minimum absolute atomic E-state index is 0.0199. The maximum Gasteiger partial charge on any atom is 0.345 e. The summed E-state index contributed by atoms with van der Waals surface area (Å²) in [6.07, 6.45) is 5.88. The number of hydrogen-bond acceptors (Lipinski definition) is 3. The Balaban J connectivity index is 1.42. The van der Waals surface area contributed by atoms with Gasteiger partial charge in [0.15, 0.2) is 38.5 Å². The summed E-state index contributed by atoms with van der Waals surface area (Å²) >= 11 is 0. The summed E-state index contributed by atoms with van der Waals surface area (Å²) in [5.74, 6) is 5.67. The van der Waals surface area contributed by atoms with Crippen LogP contribution in [-0.2, 0) is 20.4 Å². The van der Waals surface area contributed by atoms with Crippen molar-refractivity contribution in [2.45, 2.75) is 66.2 Å². The molecule has 0 heterocycles. The first kappa shape index (κ1) is 25.9. The van der Waals surface area contributed by atoms with E-state index in [0.717, 1.165) is 27.5 Å². The quantitative estimate of drug-likeness (QED) is 0.194. The predicted octanol–water partition coefficient (Wildman–Crippen LogP) is 7.21. The Morgan fingerprint density at radius 2 is 1.53 bits per heavy atom. The Bertz CT molecular complexity index is 1170. The van der Waals surface area contributed by atoms with Crippen LogP contribution in [0.25, 0.3) is 0 Å². The average Bonchev–Trinajstić information content (AvgIpc) is 2.89. The van der Waals surface area contributed by atoms with E-state index in [2.05, 4.69) is 11.8 Å². The van der Waals surface area contributed by atoms with Crippen LogP contribution in [-0.4, -0.2) is 18.2 Å². The third-order valence-electron chi connectivity index (χ3n) is 5.99. The summed E-state index contributed by atoms with van der Waals surface area (Å²) in [6, 6.07) is 25.0. The molecule has 3 aromatic rings. The molecular weight excluding hydrogens is 471 g/mol. The molecule has 0 aliphatic heterocycles. The fraction of sp³-hybridized carbons (Fsp3) is 0.323. The summed E-state index contributed by atoms with van der Waals surface area (Å²) in [5.41, 5.74) is -0.917. The number of hydrogen-bond donors (Lipinski definition) is 0. The van der Waals surface area contributed by atoms with Gasteiger partial charge < -0.3 is 9.47 Å². The first-order valence-corrected chi connectivity index (χ1v) is 13.6. The third-order valence-corrected chi connectivity index (χ3v) is 8.21. The van der Waals surface area contributed by atoms with Crippen molar-refractivity contribution >= 4 is 16.9 Å². The zero-order valence-electron chi connectivity index (χ0n) is 20.8. The van der Waals surface area contributed by atoms with Crippen molar-refractivity contribution in [1.82, 2.24) is 0 Å². The lowest BCUT2D eigenvalue weighted by molar-refractivity contribution is -0.154. The van der Waals surface area contributed by atoms with Crippen molar-refractivity contribution in [3.05, 3.63) is 84.7 Å². The molecule has 1 aliphatic rings. The van der Waals surface area contributed by atoms with Crippen LogP contribution in [0.15, 0.2) is 93.5 Å². The van der Waals surface area contributed by atoms with E-state index < -0.39 is 28.3 Å². The summed E-state index contributed by atoms with van der Waals surface area (Å²) < 4.78 is 26.1. The van der Waals surface area contributed by atoms with Gasteiger partial charge in [-0.3, -0.25) is 0 Å². The lowest BCUT2D eigenvalue weighted by Gasteiger charge is -2.20. The molecule has 0 spiro atoms. The minimum atomic E-state index is -0.917. The molecule has 0 atom stereocenters. The van der Waals surface area contributed by atoms with Crippen molar-refractivity contribution in [1.29, 1.82) is 0 Å². The van der Waals surface area contributed by atoms with Gasteiger partial charge in [-0.05, 0) is 63.1 Å². The molecule has 3 aromatic carbocycles. The molecule has 0 aromatic heterocycles. The van der Waals surface area contributed by atoms with Gasteiger partial charge in [-0.25, -0.2) is 9.18 Å². The Morgan fingerprint density at radius 3 is 2.11 bits per heavy atom. The summed E-state index contributed by atoms with van der Waals surface area (Å²) in [5, 5.41) is 0. The molecule has 1 fully saturated rings. The first-order chi connectivity index (χ1) is 17.4. The van der Waals surface area contributed by atoms with Gasteiger partial charge in [0.1, 0.15) is 0 Å². The molecule has 0 unspecified atom stereocenters. The van der Waals surface area contributed by atoms with E-state index in [9.17, 15) is 4.79 Å². The Labute approximate surface area is 216 Å². The molecule has 0 radical (unpaired) electrons. The molecule has 0 saturated heterocycles.